The first kappa shape index (κ1) is 14.7. The topological polar surface area (TPSA) is 68.8 Å². The van der Waals surface area contributed by atoms with Gasteiger partial charge < -0.3 is 9.84 Å². The summed E-state index contributed by atoms with van der Waals surface area (Å²) < 4.78 is 7.02. The largest absolute Gasteiger partial charge is 0.334 e. The lowest BCUT2D eigenvalue weighted by Crippen LogP contribution is -2.24. The normalized spacial score (nSPS) is 12.5. The quantitative estimate of drug-likeness (QED) is 0.783. The van der Waals surface area contributed by atoms with Crippen LogP contribution in [0.5, 0.6) is 0 Å². The van der Waals surface area contributed by atoms with Crippen molar-refractivity contribution in [1.82, 2.24) is 25.2 Å². The SMILES string of the molecule is CNC(C)Cc1noc(-c2cnn(-c3cccc(Cl)c3)c2)n1. The highest BCUT2D eigenvalue weighted by Gasteiger charge is 2.13. The Balaban J connectivity index is 1.82. The molecule has 0 aliphatic rings. The van der Waals surface area contributed by atoms with Crippen molar-refractivity contribution in [3.8, 4) is 17.1 Å². The van der Waals surface area contributed by atoms with Gasteiger partial charge in [-0.25, -0.2) is 4.68 Å². The lowest BCUT2D eigenvalue weighted by Gasteiger charge is -2.04. The molecule has 0 amide bonds. The number of benzene rings is 1. The smallest absolute Gasteiger partial charge is 0.261 e. The highest BCUT2D eigenvalue weighted by Crippen LogP contribution is 2.20. The zero-order chi connectivity index (χ0) is 15.5. The Morgan fingerprint density at radius 2 is 2.27 bits per heavy atom. The molecule has 1 unspecified atom stereocenters. The molecular weight excluding hydrogens is 302 g/mol. The van der Waals surface area contributed by atoms with E-state index in [1.165, 1.54) is 0 Å². The molecule has 22 heavy (non-hydrogen) atoms. The van der Waals surface area contributed by atoms with E-state index in [0.717, 1.165) is 11.3 Å². The highest BCUT2D eigenvalue weighted by molar-refractivity contribution is 6.30. The van der Waals surface area contributed by atoms with Crippen LogP contribution in [0.4, 0.5) is 0 Å². The molecule has 2 aromatic heterocycles. The van der Waals surface area contributed by atoms with Gasteiger partial charge in [-0.2, -0.15) is 10.1 Å². The maximum Gasteiger partial charge on any atom is 0.261 e. The Kier molecular flexibility index (Phi) is 4.22. The molecule has 0 aliphatic heterocycles. The van der Waals surface area contributed by atoms with Crippen molar-refractivity contribution >= 4 is 11.6 Å². The van der Waals surface area contributed by atoms with Gasteiger partial charge in [0.15, 0.2) is 5.82 Å². The minimum absolute atomic E-state index is 0.291. The Morgan fingerprint density at radius 1 is 1.41 bits per heavy atom. The fourth-order valence-corrected chi connectivity index (χ4v) is 2.21. The van der Waals surface area contributed by atoms with Crippen LogP contribution in [-0.4, -0.2) is 33.0 Å². The van der Waals surface area contributed by atoms with Crippen LogP contribution in [0.1, 0.15) is 12.7 Å². The van der Waals surface area contributed by atoms with Crippen LogP contribution in [0, 0.1) is 0 Å². The standard InChI is InChI=1S/C15H16ClN5O/c1-10(17-2)6-14-19-15(22-20-14)11-8-18-21(9-11)13-5-3-4-12(16)7-13/h3-5,7-10,17H,6H2,1-2H3. The van der Waals surface area contributed by atoms with Crippen molar-refractivity contribution in [2.24, 2.45) is 0 Å². The predicted molar refractivity (Wildman–Crippen MR) is 84.1 cm³/mol. The zero-order valence-electron chi connectivity index (χ0n) is 12.3. The van der Waals surface area contributed by atoms with Crippen molar-refractivity contribution in [2.75, 3.05) is 7.05 Å². The van der Waals surface area contributed by atoms with Crippen LogP contribution in [0.15, 0.2) is 41.2 Å². The van der Waals surface area contributed by atoms with Gasteiger partial charge in [-0.1, -0.05) is 22.8 Å². The van der Waals surface area contributed by atoms with Gasteiger partial charge in [-0.3, -0.25) is 0 Å². The summed E-state index contributed by atoms with van der Waals surface area (Å²) in [7, 11) is 1.90. The minimum Gasteiger partial charge on any atom is -0.334 e. The van der Waals surface area contributed by atoms with E-state index >= 15 is 0 Å². The van der Waals surface area contributed by atoms with E-state index in [1.807, 2.05) is 37.5 Å². The van der Waals surface area contributed by atoms with Crippen LogP contribution < -0.4 is 5.32 Å². The average molecular weight is 318 g/mol. The molecule has 1 aromatic carbocycles. The number of hydrogen-bond acceptors (Lipinski definition) is 5. The average Bonchev–Trinajstić information content (AvgIpc) is 3.15. The number of aromatic nitrogens is 4. The highest BCUT2D eigenvalue weighted by atomic mass is 35.5. The summed E-state index contributed by atoms with van der Waals surface area (Å²) >= 11 is 6.00. The summed E-state index contributed by atoms with van der Waals surface area (Å²) in [5.41, 5.74) is 1.65. The van der Waals surface area contributed by atoms with Crippen molar-refractivity contribution < 1.29 is 4.52 Å². The molecule has 1 atom stereocenters. The lowest BCUT2D eigenvalue weighted by atomic mass is 10.2. The molecule has 0 fully saturated rings. The molecule has 0 bridgehead atoms. The van der Waals surface area contributed by atoms with Crippen LogP contribution in [0.25, 0.3) is 17.1 Å². The Morgan fingerprint density at radius 3 is 3.05 bits per heavy atom. The first-order valence-corrected chi connectivity index (χ1v) is 7.34. The molecule has 0 radical (unpaired) electrons. The van der Waals surface area contributed by atoms with Gasteiger partial charge in [-0.05, 0) is 32.2 Å². The molecule has 0 saturated heterocycles. The Bertz CT molecular complexity index is 767. The third-order valence-electron chi connectivity index (χ3n) is 3.35. The van der Waals surface area contributed by atoms with E-state index in [2.05, 4.69) is 27.5 Å². The van der Waals surface area contributed by atoms with Crippen LogP contribution >= 0.6 is 11.6 Å². The van der Waals surface area contributed by atoms with E-state index in [0.29, 0.717) is 29.2 Å². The van der Waals surface area contributed by atoms with Crippen molar-refractivity contribution in [3.05, 3.63) is 47.5 Å². The fraction of sp³-hybridized carbons (Fsp3) is 0.267. The second kappa shape index (κ2) is 6.29. The third kappa shape index (κ3) is 3.18. The number of rotatable bonds is 5. The van der Waals surface area contributed by atoms with E-state index in [4.69, 9.17) is 16.1 Å². The molecule has 2 heterocycles. The monoisotopic (exact) mass is 317 g/mol. The molecule has 3 rings (SSSR count). The van der Waals surface area contributed by atoms with Gasteiger partial charge >= 0.3 is 0 Å². The number of hydrogen-bond donors (Lipinski definition) is 1. The van der Waals surface area contributed by atoms with Gasteiger partial charge in [-0.15, -0.1) is 0 Å². The predicted octanol–water partition coefficient (Wildman–Crippen LogP) is 2.73. The molecule has 0 spiro atoms. The summed E-state index contributed by atoms with van der Waals surface area (Å²) in [6.07, 6.45) is 4.24. The van der Waals surface area contributed by atoms with Gasteiger partial charge in [0.1, 0.15) is 0 Å². The van der Waals surface area contributed by atoms with Gasteiger partial charge in [0.05, 0.1) is 17.4 Å². The molecular formula is C15H16ClN5O. The summed E-state index contributed by atoms with van der Waals surface area (Å²) in [6.45, 7) is 2.06. The van der Waals surface area contributed by atoms with E-state index in [1.54, 1.807) is 10.9 Å². The third-order valence-corrected chi connectivity index (χ3v) is 3.59. The summed E-state index contributed by atoms with van der Waals surface area (Å²) in [5.74, 6) is 1.14. The number of halogens is 1. The van der Waals surface area contributed by atoms with E-state index < -0.39 is 0 Å². The molecule has 0 saturated carbocycles. The summed E-state index contributed by atoms with van der Waals surface area (Å²) in [6, 6.07) is 7.76. The minimum atomic E-state index is 0.291. The second-order valence-electron chi connectivity index (χ2n) is 5.06. The number of nitrogens with zero attached hydrogens (tertiary/aromatic N) is 4. The number of nitrogens with one attached hydrogen (secondary N) is 1. The molecule has 114 valence electrons. The van der Waals surface area contributed by atoms with E-state index in [9.17, 15) is 0 Å². The van der Waals surface area contributed by atoms with Gasteiger partial charge in [0.25, 0.3) is 5.89 Å². The van der Waals surface area contributed by atoms with Crippen molar-refractivity contribution in [3.63, 3.8) is 0 Å². The Hall–Kier alpha value is -2.18. The van der Waals surface area contributed by atoms with Crippen LogP contribution in [0.2, 0.25) is 5.02 Å². The molecule has 0 aliphatic carbocycles. The van der Waals surface area contributed by atoms with Gasteiger partial charge in [0.2, 0.25) is 0 Å². The fourth-order valence-electron chi connectivity index (χ4n) is 2.02. The second-order valence-corrected chi connectivity index (χ2v) is 5.50. The maximum absolute atomic E-state index is 6.00. The zero-order valence-corrected chi connectivity index (χ0v) is 13.1. The maximum atomic E-state index is 6.00. The molecule has 3 aromatic rings. The molecule has 1 N–H and O–H groups in total. The number of likely N-dealkylation sites (N-methyl/N-ethyl adjacent to an activating group) is 1. The lowest BCUT2D eigenvalue weighted by molar-refractivity contribution is 0.418. The molecule has 6 nitrogen and oxygen atoms in total. The first-order chi connectivity index (χ1) is 10.7. The van der Waals surface area contributed by atoms with E-state index in [-0.39, 0.29) is 0 Å². The molecule has 7 heteroatoms. The van der Waals surface area contributed by atoms with Crippen molar-refractivity contribution in [2.45, 2.75) is 19.4 Å². The Labute approximate surface area is 133 Å². The first-order valence-electron chi connectivity index (χ1n) is 6.96. The van der Waals surface area contributed by atoms with Crippen molar-refractivity contribution in [1.29, 1.82) is 0 Å². The van der Waals surface area contributed by atoms with Crippen LogP contribution in [0.3, 0.4) is 0 Å². The van der Waals surface area contributed by atoms with Crippen LogP contribution in [-0.2, 0) is 6.42 Å². The summed E-state index contributed by atoms with van der Waals surface area (Å²) in [4.78, 5) is 4.40. The van der Waals surface area contributed by atoms with Gasteiger partial charge in [0, 0.05) is 23.7 Å². The summed E-state index contributed by atoms with van der Waals surface area (Å²) in [5, 5.41) is 12.1.